The molecule has 0 atom stereocenters. The Morgan fingerprint density at radius 3 is 2.29 bits per heavy atom. The minimum atomic E-state index is -0.456. The molecular formula is C33H29N5O3S. The Hall–Kier alpha value is -5.15. The number of thiophene rings is 1. The minimum Gasteiger partial charge on any atom is -0.497 e. The van der Waals surface area contributed by atoms with Crippen molar-refractivity contribution >= 4 is 38.8 Å². The largest absolute Gasteiger partial charge is 0.497 e. The van der Waals surface area contributed by atoms with E-state index in [0.717, 1.165) is 33.7 Å². The third-order valence-electron chi connectivity index (χ3n) is 7.45. The fourth-order valence-electron chi connectivity index (χ4n) is 5.04. The second kappa shape index (κ2) is 10.7. The van der Waals surface area contributed by atoms with Gasteiger partial charge in [0.2, 0.25) is 0 Å². The minimum absolute atomic E-state index is 0.203. The van der Waals surface area contributed by atoms with Crippen LogP contribution in [0.2, 0.25) is 0 Å². The first-order chi connectivity index (χ1) is 20.3. The summed E-state index contributed by atoms with van der Waals surface area (Å²) in [6.45, 7) is 3.83. The van der Waals surface area contributed by atoms with Crippen molar-refractivity contribution < 1.29 is 9.53 Å². The summed E-state index contributed by atoms with van der Waals surface area (Å²) in [4.78, 5) is 33.0. The molecule has 3 aromatic heterocycles. The summed E-state index contributed by atoms with van der Waals surface area (Å²) in [5.74, 6) is 0.294. The Kier molecular flexibility index (Phi) is 6.88. The van der Waals surface area contributed by atoms with Crippen LogP contribution in [-0.4, -0.2) is 27.4 Å². The van der Waals surface area contributed by atoms with Crippen molar-refractivity contribution in [3.63, 3.8) is 0 Å². The Labute approximate surface area is 246 Å². The van der Waals surface area contributed by atoms with Gasteiger partial charge in [-0.05, 0) is 67.4 Å². The number of nitrogens with zero attached hydrogens (tertiary/aromatic N) is 3. The maximum Gasteiger partial charge on any atom is 0.295 e. The number of nitrogens with two attached hydrogens (primary N) is 1. The number of hydrogen-bond donors (Lipinski definition) is 2. The monoisotopic (exact) mass is 575 g/mol. The SMILES string of the molecule is COc1ccc(-c2cc(-c3ccc(C)cc3)c3c(N)c(C(=O)Nc4c(C)n(C)n(-c5ccccc5)c4=O)sc3n2)cc1. The van der Waals surface area contributed by atoms with Gasteiger partial charge in [0.15, 0.2) is 0 Å². The number of amides is 1. The fraction of sp³-hybridized carbons (Fsp3) is 0.121. The fourth-order valence-corrected chi connectivity index (χ4v) is 6.06. The molecule has 0 aliphatic rings. The van der Waals surface area contributed by atoms with Crippen molar-refractivity contribution in [3.05, 3.63) is 111 Å². The number of rotatable bonds is 6. The number of carbonyl (C=O) groups excluding carboxylic acids is 1. The van der Waals surface area contributed by atoms with Gasteiger partial charge in [-0.25, -0.2) is 9.67 Å². The molecule has 9 heteroatoms. The highest BCUT2D eigenvalue weighted by atomic mass is 32.1. The molecule has 1 amide bonds. The van der Waals surface area contributed by atoms with E-state index < -0.39 is 5.91 Å². The zero-order valence-electron chi connectivity index (χ0n) is 23.6. The molecule has 0 fully saturated rings. The van der Waals surface area contributed by atoms with Crippen LogP contribution in [-0.2, 0) is 7.05 Å². The molecule has 8 nitrogen and oxygen atoms in total. The number of para-hydroxylation sites is 1. The molecule has 0 bridgehead atoms. The lowest BCUT2D eigenvalue weighted by molar-refractivity contribution is 0.103. The summed E-state index contributed by atoms with van der Waals surface area (Å²) in [5.41, 5.74) is 12.9. The summed E-state index contributed by atoms with van der Waals surface area (Å²) >= 11 is 1.21. The lowest BCUT2D eigenvalue weighted by Gasteiger charge is -2.10. The lowest BCUT2D eigenvalue weighted by Crippen LogP contribution is -2.22. The van der Waals surface area contributed by atoms with Gasteiger partial charge >= 0.3 is 0 Å². The number of aryl methyl sites for hydroxylation is 1. The average molecular weight is 576 g/mol. The second-order valence-corrected chi connectivity index (χ2v) is 11.1. The highest BCUT2D eigenvalue weighted by Gasteiger charge is 2.24. The second-order valence-electron chi connectivity index (χ2n) is 10.1. The standard InChI is InChI=1S/C33H29N5O3S/c1-19-10-12-21(13-11-19)25-18-26(22-14-16-24(41-4)17-15-22)35-32-27(25)28(34)30(42-32)31(39)36-29-20(2)37(3)38(33(29)40)23-8-6-5-7-9-23/h5-18H,34H2,1-4H3,(H,36,39). The molecule has 3 heterocycles. The van der Waals surface area contributed by atoms with E-state index in [2.05, 4.69) is 5.32 Å². The zero-order valence-corrected chi connectivity index (χ0v) is 24.5. The van der Waals surface area contributed by atoms with E-state index in [4.69, 9.17) is 15.5 Å². The average Bonchev–Trinajstić information content (AvgIpc) is 3.45. The third-order valence-corrected chi connectivity index (χ3v) is 8.54. The molecule has 0 unspecified atom stereocenters. The quantitative estimate of drug-likeness (QED) is 0.234. The van der Waals surface area contributed by atoms with Crippen LogP contribution < -0.4 is 21.3 Å². The van der Waals surface area contributed by atoms with E-state index >= 15 is 0 Å². The van der Waals surface area contributed by atoms with Crippen LogP contribution in [0.1, 0.15) is 20.9 Å². The van der Waals surface area contributed by atoms with Crippen LogP contribution in [0.4, 0.5) is 11.4 Å². The van der Waals surface area contributed by atoms with Crippen molar-refractivity contribution in [1.82, 2.24) is 14.3 Å². The van der Waals surface area contributed by atoms with Gasteiger partial charge in [-0.1, -0.05) is 48.0 Å². The van der Waals surface area contributed by atoms with Gasteiger partial charge in [0, 0.05) is 18.0 Å². The Balaban J connectivity index is 1.46. The Bertz CT molecular complexity index is 2000. The topological polar surface area (TPSA) is 104 Å². The number of methoxy groups -OCH3 is 1. The highest BCUT2D eigenvalue weighted by Crippen LogP contribution is 2.41. The van der Waals surface area contributed by atoms with Crippen molar-refractivity contribution in [2.24, 2.45) is 7.05 Å². The molecule has 0 radical (unpaired) electrons. The number of pyridine rings is 1. The maximum absolute atomic E-state index is 13.7. The summed E-state index contributed by atoms with van der Waals surface area (Å²) in [6, 6.07) is 27.1. The third kappa shape index (κ3) is 4.63. The van der Waals surface area contributed by atoms with E-state index in [9.17, 15) is 9.59 Å². The number of anilines is 2. The van der Waals surface area contributed by atoms with Crippen LogP contribution in [0.3, 0.4) is 0 Å². The van der Waals surface area contributed by atoms with Gasteiger partial charge in [-0.15, -0.1) is 11.3 Å². The number of ether oxygens (including phenoxy) is 1. The lowest BCUT2D eigenvalue weighted by atomic mass is 9.98. The van der Waals surface area contributed by atoms with Gasteiger partial charge in [0.1, 0.15) is 21.1 Å². The predicted molar refractivity (Wildman–Crippen MR) is 170 cm³/mol. The normalized spacial score (nSPS) is 11.1. The molecule has 0 saturated heterocycles. The molecular weight excluding hydrogens is 546 g/mol. The van der Waals surface area contributed by atoms with Crippen LogP contribution in [0.25, 0.3) is 38.3 Å². The highest BCUT2D eigenvalue weighted by molar-refractivity contribution is 7.21. The number of benzene rings is 3. The van der Waals surface area contributed by atoms with E-state index in [0.29, 0.717) is 32.2 Å². The summed E-state index contributed by atoms with van der Waals surface area (Å²) in [7, 11) is 3.41. The van der Waals surface area contributed by atoms with Gasteiger partial charge in [0.05, 0.1) is 29.9 Å². The van der Waals surface area contributed by atoms with Gasteiger partial charge in [-0.2, -0.15) is 0 Å². The van der Waals surface area contributed by atoms with Gasteiger partial charge in [0.25, 0.3) is 11.5 Å². The first-order valence-electron chi connectivity index (χ1n) is 13.4. The number of carbonyl (C=O) groups is 1. The number of hydrogen-bond acceptors (Lipinski definition) is 6. The number of fused-ring (bicyclic) bond motifs is 1. The van der Waals surface area contributed by atoms with Crippen molar-refractivity contribution in [1.29, 1.82) is 0 Å². The Morgan fingerprint density at radius 1 is 0.952 bits per heavy atom. The van der Waals surface area contributed by atoms with E-state index in [1.165, 1.54) is 16.0 Å². The summed E-state index contributed by atoms with van der Waals surface area (Å²) in [5, 5.41) is 3.56. The molecule has 3 N–H and O–H groups in total. The van der Waals surface area contributed by atoms with Crippen molar-refractivity contribution in [2.45, 2.75) is 13.8 Å². The van der Waals surface area contributed by atoms with E-state index in [-0.39, 0.29) is 11.2 Å². The first-order valence-corrected chi connectivity index (χ1v) is 14.2. The summed E-state index contributed by atoms with van der Waals surface area (Å²) < 4.78 is 8.57. The van der Waals surface area contributed by atoms with Gasteiger partial charge < -0.3 is 15.8 Å². The molecule has 6 rings (SSSR count). The molecule has 3 aromatic carbocycles. The van der Waals surface area contributed by atoms with Crippen LogP contribution in [0, 0.1) is 13.8 Å². The van der Waals surface area contributed by atoms with Crippen LogP contribution in [0.5, 0.6) is 5.75 Å². The Morgan fingerprint density at radius 2 is 1.62 bits per heavy atom. The maximum atomic E-state index is 13.7. The van der Waals surface area contributed by atoms with E-state index in [1.54, 1.807) is 25.8 Å². The van der Waals surface area contributed by atoms with Crippen LogP contribution in [0.15, 0.2) is 89.7 Å². The van der Waals surface area contributed by atoms with Crippen molar-refractivity contribution in [3.8, 4) is 33.8 Å². The van der Waals surface area contributed by atoms with Crippen LogP contribution >= 0.6 is 11.3 Å². The van der Waals surface area contributed by atoms with E-state index in [1.807, 2.05) is 91.9 Å². The molecule has 0 aliphatic carbocycles. The number of aromatic nitrogens is 3. The van der Waals surface area contributed by atoms with Crippen molar-refractivity contribution in [2.75, 3.05) is 18.2 Å². The molecule has 0 aliphatic heterocycles. The first kappa shape index (κ1) is 27.0. The number of nitrogen functional groups attached to an aromatic ring is 1. The zero-order chi connectivity index (χ0) is 29.5. The smallest absolute Gasteiger partial charge is 0.295 e. The molecule has 0 saturated carbocycles. The molecule has 210 valence electrons. The predicted octanol–water partition coefficient (Wildman–Crippen LogP) is 6.58. The summed E-state index contributed by atoms with van der Waals surface area (Å²) in [6.07, 6.45) is 0. The molecule has 6 aromatic rings. The number of nitrogens with one attached hydrogen (secondary N) is 1. The van der Waals surface area contributed by atoms with Gasteiger partial charge in [-0.3, -0.25) is 14.3 Å². The molecule has 0 spiro atoms. The molecule has 42 heavy (non-hydrogen) atoms.